The van der Waals surface area contributed by atoms with Crippen molar-refractivity contribution in [2.45, 2.75) is 18.8 Å². The van der Waals surface area contributed by atoms with Crippen LogP contribution < -0.4 is 0 Å². The maximum atomic E-state index is 3.37. The number of aromatic amines is 3. The maximum Gasteiger partial charge on any atom is 0.0898 e. The van der Waals surface area contributed by atoms with Gasteiger partial charge in [-0.25, -0.2) is 0 Å². The van der Waals surface area contributed by atoms with Gasteiger partial charge in [-0.15, -0.1) is 0 Å². The molecule has 92 valence electrons. The van der Waals surface area contributed by atoms with E-state index in [0.717, 1.165) is 6.42 Å². The third-order valence-corrected chi connectivity index (χ3v) is 3.70. The molecule has 0 bridgehead atoms. The summed E-state index contributed by atoms with van der Waals surface area (Å²) in [4.78, 5) is 10.1. The van der Waals surface area contributed by atoms with Crippen LogP contribution >= 0.6 is 0 Å². The monoisotopic (exact) mass is 239 g/mol. The Bertz CT molecular complexity index is 490. The SMILES string of the molecule is CCC(c1ccc[nH]1)(c1ccc[nH]1)c1ccc[nH]1. The number of hydrogen-bond acceptors (Lipinski definition) is 0. The molecule has 0 aliphatic heterocycles. The van der Waals surface area contributed by atoms with Crippen LogP contribution in [0.2, 0.25) is 0 Å². The smallest absolute Gasteiger partial charge is 0.0898 e. The van der Waals surface area contributed by atoms with Crippen LogP contribution in [0.5, 0.6) is 0 Å². The van der Waals surface area contributed by atoms with Gasteiger partial charge in [0.05, 0.1) is 5.41 Å². The molecule has 0 unspecified atom stereocenters. The van der Waals surface area contributed by atoms with E-state index in [9.17, 15) is 0 Å². The minimum Gasteiger partial charge on any atom is -0.364 e. The first-order chi connectivity index (χ1) is 8.88. The summed E-state index contributed by atoms with van der Waals surface area (Å²) in [5.41, 5.74) is 3.45. The molecule has 0 aliphatic carbocycles. The summed E-state index contributed by atoms with van der Waals surface area (Å²) in [5.74, 6) is 0. The summed E-state index contributed by atoms with van der Waals surface area (Å²) < 4.78 is 0. The lowest BCUT2D eigenvalue weighted by Gasteiger charge is -2.30. The summed E-state index contributed by atoms with van der Waals surface area (Å²) in [6.07, 6.45) is 6.91. The first-order valence-electron chi connectivity index (χ1n) is 6.29. The largest absolute Gasteiger partial charge is 0.364 e. The van der Waals surface area contributed by atoms with E-state index >= 15 is 0 Å². The molecule has 0 radical (unpaired) electrons. The Morgan fingerprint density at radius 1 is 0.778 bits per heavy atom. The van der Waals surface area contributed by atoms with Crippen molar-refractivity contribution >= 4 is 0 Å². The van der Waals surface area contributed by atoms with Gasteiger partial charge in [-0.05, 0) is 42.8 Å². The van der Waals surface area contributed by atoms with Gasteiger partial charge in [-0.3, -0.25) is 0 Å². The van der Waals surface area contributed by atoms with Crippen molar-refractivity contribution in [1.82, 2.24) is 15.0 Å². The van der Waals surface area contributed by atoms with Gasteiger partial charge in [0.15, 0.2) is 0 Å². The van der Waals surface area contributed by atoms with Crippen LogP contribution in [-0.4, -0.2) is 15.0 Å². The van der Waals surface area contributed by atoms with E-state index in [-0.39, 0.29) is 5.41 Å². The highest BCUT2D eigenvalue weighted by atomic mass is 14.8. The van der Waals surface area contributed by atoms with Gasteiger partial charge in [0.1, 0.15) is 0 Å². The lowest BCUT2D eigenvalue weighted by molar-refractivity contribution is 0.550. The molecule has 0 saturated heterocycles. The normalized spacial score (nSPS) is 11.8. The van der Waals surface area contributed by atoms with E-state index < -0.39 is 0 Å². The minimum absolute atomic E-state index is 0.156. The van der Waals surface area contributed by atoms with Gasteiger partial charge in [0, 0.05) is 35.7 Å². The van der Waals surface area contributed by atoms with Gasteiger partial charge in [0.2, 0.25) is 0 Å². The molecule has 0 amide bonds. The molecule has 0 fully saturated rings. The standard InChI is InChI=1S/C15H17N3/c1-2-15(12-6-3-9-16-12,13-7-4-10-17-13)14-8-5-11-18-14/h3-11,16-18H,2H2,1H3. The zero-order chi connectivity index (χ0) is 12.4. The topological polar surface area (TPSA) is 47.4 Å². The molecule has 3 aromatic rings. The van der Waals surface area contributed by atoms with Crippen molar-refractivity contribution in [2.75, 3.05) is 0 Å². The lowest BCUT2D eigenvalue weighted by atomic mass is 9.76. The van der Waals surface area contributed by atoms with Crippen molar-refractivity contribution in [3.63, 3.8) is 0 Å². The highest BCUT2D eigenvalue weighted by Crippen LogP contribution is 2.39. The van der Waals surface area contributed by atoms with Crippen LogP contribution in [-0.2, 0) is 5.41 Å². The van der Waals surface area contributed by atoms with Crippen molar-refractivity contribution < 1.29 is 0 Å². The predicted molar refractivity (Wildman–Crippen MR) is 72.6 cm³/mol. The van der Waals surface area contributed by atoms with Crippen molar-refractivity contribution in [2.24, 2.45) is 0 Å². The molecule has 0 aliphatic rings. The average Bonchev–Trinajstić information content (AvgIpc) is 3.16. The second kappa shape index (κ2) is 4.26. The Kier molecular flexibility index (Phi) is 2.59. The fraction of sp³-hybridized carbons (Fsp3) is 0.200. The van der Waals surface area contributed by atoms with Crippen LogP contribution in [0.3, 0.4) is 0 Å². The van der Waals surface area contributed by atoms with E-state index in [4.69, 9.17) is 0 Å². The number of aromatic nitrogens is 3. The third kappa shape index (κ3) is 1.44. The third-order valence-electron chi connectivity index (χ3n) is 3.70. The summed E-state index contributed by atoms with van der Waals surface area (Å²) in [6.45, 7) is 2.21. The number of nitrogens with one attached hydrogen (secondary N) is 3. The Morgan fingerprint density at radius 3 is 1.39 bits per heavy atom. The predicted octanol–water partition coefficient (Wildman–Crippen LogP) is 3.42. The van der Waals surface area contributed by atoms with Crippen LogP contribution in [0.25, 0.3) is 0 Å². The van der Waals surface area contributed by atoms with Gasteiger partial charge in [-0.1, -0.05) is 6.92 Å². The minimum atomic E-state index is -0.156. The molecule has 3 N–H and O–H groups in total. The second-order valence-corrected chi connectivity index (χ2v) is 4.51. The van der Waals surface area contributed by atoms with Gasteiger partial charge in [0.25, 0.3) is 0 Å². The van der Waals surface area contributed by atoms with Crippen molar-refractivity contribution in [3.8, 4) is 0 Å². The van der Waals surface area contributed by atoms with Crippen LogP contribution in [0.15, 0.2) is 55.0 Å². The maximum absolute atomic E-state index is 3.37. The summed E-state index contributed by atoms with van der Waals surface area (Å²) >= 11 is 0. The molecule has 3 aromatic heterocycles. The number of rotatable bonds is 4. The fourth-order valence-electron chi connectivity index (χ4n) is 2.79. The average molecular weight is 239 g/mol. The molecule has 0 atom stereocenters. The molecule has 18 heavy (non-hydrogen) atoms. The van der Waals surface area contributed by atoms with Gasteiger partial charge < -0.3 is 15.0 Å². The Labute approximate surface area is 106 Å². The lowest BCUT2D eigenvalue weighted by Crippen LogP contribution is -2.29. The Morgan fingerprint density at radius 2 is 1.17 bits per heavy atom. The zero-order valence-corrected chi connectivity index (χ0v) is 10.4. The van der Waals surface area contributed by atoms with Gasteiger partial charge in [-0.2, -0.15) is 0 Å². The van der Waals surface area contributed by atoms with Crippen LogP contribution in [0.1, 0.15) is 30.4 Å². The molecule has 3 heteroatoms. The Balaban J connectivity index is 2.25. The van der Waals surface area contributed by atoms with Crippen LogP contribution in [0, 0.1) is 0 Å². The highest BCUT2D eigenvalue weighted by molar-refractivity contribution is 5.42. The zero-order valence-electron chi connectivity index (χ0n) is 10.4. The molecular formula is C15H17N3. The number of H-pyrrole nitrogens is 3. The quantitative estimate of drug-likeness (QED) is 0.625. The van der Waals surface area contributed by atoms with E-state index in [1.807, 2.05) is 36.8 Å². The van der Waals surface area contributed by atoms with Crippen LogP contribution in [0.4, 0.5) is 0 Å². The molecule has 0 spiro atoms. The number of hydrogen-bond donors (Lipinski definition) is 3. The van der Waals surface area contributed by atoms with E-state index in [2.05, 4.69) is 40.1 Å². The van der Waals surface area contributed by atoms with Crippen molar-refractivity contribution in [1.29, 1.82) is 0 Å². The fourth-order valence-corrected chi connectivity index (χ4v) is 2.79. The molecular weight excluding hydrogens is 222 g/mol. The van der Waals surface area contributed by atoms with E-state index in [1.165, 1.54) is 17.1 Å². The molecule has 0 saturated carbocycles. The summed E-state index contributed by atoms with van der Waals surface area (Å²) in [6, 6.07) is 12.6. The molecule has 3 nitrogen and oxygen atoms in total. The molecule has 3 heterocycles. The first-order valence-corrected chi connectivity index (χ1v) is 6.29. The van der Waals surface area contributed by atoms with E-state index in [0.29, 0.717) is 0 Å². The Hall–Kier alpha value is -2.16. The van der Waals surface area contributed by atoms with Gasteiger partial charge >= 0.3 is 0 Å². The summed E-state index contributed by atoms with van der Waals surface area (Å²) in [7, 11) is 0. The van der Waals surface area contributed by atoms with E-state index in [1.54, 1.807) is 0 Å². The van der Waals surface area contributed by atoms with Crippen molar-refractivity contribution in [3.05, 3.63) is 72.1 Å². The molecule has 0 aromatic carbocycles. The molecule has 3 rings (SSSR count). The summed E-state index contributed by atoms with van der Waals surface area (Å²) in [5, 5.41) is 0. The first kappa shape index (κ1) is 11.0. The second-order valence-electron chi connectivity index (χ2n) is 4.51. The highest BCUT2D eigenvalue weighted by Gasteiger charge is 2.37.